The second kappa shape index (κ2) is 6.57. The van der Waals surface area contributed by atoms with Crippen LogP contribution < -0.4 is 9.64 Å². The first-order valence-electron chi connectivity index (χ1n) is 7.95. The van der Waals surface area contributed by atoms with Gasteiger partial charge >= 0.3 is 0 Å². The fourth-order valence-electron chi connectivity index (χ4n) is 2.81. The third-order valence-electron chi connectivity index (χ3n) is 3.92. The van der Waals surface area contributed by atoms with Crippen molar-refractivity contribution in [2.45, 2.75) is 18.7 Å². The van der Waals surface area contributed by atoms with Crippen LogP contribution in [0.1, 0.15) is 6.92 Å². The number of rotatable bonds is 4. The lowest BCUT2D eigenvalue weighted by atomic mass is 10.2. The SMILES string of the molecule is CCOc1ccccc1N1CSc2nnc(-c3ccccc3)n2C1. The van der Waals surface area contributed by atoms with Gasteiger partial charge in [0, 0.05) is 5.56 Å². The summed E-state index contributed by atoms with van der Waals surface area (Å²) >= 11 is 1.69. The van der Waals surface area contributed by atoms with Crippen LogP contribution in [-0.4, -0.2) is 27.2 Å². The first-order valence-corrected chi connectivity index (χ1v) is 8.93. The number of benzene rings is 2. The largest absolute Gasteiger partial charge is 0.492 e. The summed E-state index contributed by atoms with van der Waals surface area (Å²) < 4.78 is 7.94. The number of ether oxygens (including phenoxy) is 1. The average Bonchev–Trinajstić information content (AvgIpc) is 3.06. The van der Waals surface area contributed by atoms with Crippen LogP contribution in [0.3, 0.4) is 0 Å². The predicted octanol–water partition coefficient (Wildman–Crippen LogP) is 3.87. The van der Waals surface area contributed by atoms with E-state index in [1.807, 2.05) is 43.3 Å². The first-order chi connectivity index (χ1) is 11.9. The van der Waals surface area contributed by atoms with E-state index in [0.29, 0.717) is 13.3 Å². The van der Waals surface area contributed by atoms with Gasteiger partial charge in [-0.05, 0) is 19.1 Å². The van der Waals surface area contributed by atoms with E-state index in [0.717, 1.165) is 33.9 Å². The van der Waals surface area contributed by atoms with E-state index in [9.17, 15) is 0 Å². The summed E-state index contributed by atoms with van der Waals surface area (Å²) in [4.78, 5) is 2.29. The Hall–Kier alpha value is -2.47. The van der Waals surface area contributed by atoms with E-state index >= 15 is 0 Å². The van der Waals surface area contributed by atoms with E-state index in [-0.39, 0.29) is 0 Å². The maximum atomic E-state index is 5.78. The highest BCUT2D eigenvalue weighted by Gasteiger charge is 2.24. The molecule has 0 aliphatic carbocycles. The zero-order valence-electron chi connectivity index (χ0n) is 13.4. The lowest BCUT2D eigenvalue weighted by Crippen LogP contribution is -2.30. The Kier molecular flexibility index (Phi) is 4.13. The molecular formula is C18H18N4OS. The normalized spacial score (nSPS) is 13.6. The van der Waals surface area contributed by atoms with E-state index in [1.54, 1.807) is 11.8 Å². The lowest BCUT2D eigenvalue weighted by molar-refractivity contribution is 0.340. The third kappa shape index (κ3) is 2.73. The van der Waals surface area contributed by atoms with Crippen molar-refractivity contribution < 1.29 is 4.74 Å². The molecule has 24 heavy (non-hydrogen) atoms. The van der Waals surface area contributed by atoms with Gasteiger partial charge in [-0.15, -0.1) is 10.2 Å². The number of hydrogen-bond donors (Lipinski definition) is 0. The molecule has 4 rings (SSSR count). The molecule has 2 aromatic carbocycles. The highest BCUT2D eigenvalue weighted by molar-refractivity contribution is 7.99. The summed E-state index contributed by atoms with van der Waals surface area (Å²) in [7, 11) is 0. The Morgan fingerprint density at radius 3 is 2.67 bits per heavy atom. The number of fused-ring (bicyclic) bond motifs is 1. The lowest BCUT2D eigenvalue weighted by Gasteiger charge is -2.30. The second-order valence-electron chi connectivity index (χ2n) is 5.46. The van der Waals surface area contributed by atoms with Crippen LogP contribution in [0, 0.1) is 0 Å². The zero-order valence-corrected chi connectivity index (χ0v) is 14.2. The predicted molar refractivity (Wildman–Crippen MR) is 96.3 cm³/mol. The van der Waals surface area contributed by atoms with E-state index < -0.39 is 0 Å². The van der Waals surface area contributed by atoms with Crippen molar-refractivity contribution in [3.8, 4) is 17.1 Å². The molecule has 0 amide bonds. The van der Waals surface area contributed by atoms with Crippen molar-refractivity contribution in [2.24, 2.45) is 0 Å². The molecule has 1 aliphatic heterocycles. The standard InChI is InChI=1S/C18H18N4OS/c1-2-23-16-11-7-6-10-15(16)21-12-22-17(14-8-4-3-5-9-14)19-20-18(22)24-13-21/h3-11H,2,12-13H2,1H3. The molecule has 3 aromatic rings. The van der Waals surface area contributed by atoms with Gasteiger partial charge in [-0.1, -0.05) is 54.2 Å². The van der Waals surface area contributed by atoms with Crippen molar-refractivity contribution in [1.29, 1.82) is 0 Å². The van der Waals surface area contributed by atoms with Crippen molar-refractivity contribution in [1.82, 2.24) is 14.8 Å². The highest BCUT2D eigenvalue weighted by Crippen LogP contribution is 2.35. The molecule has 0 atom stereocenters. The van der Waals surface area contributed by atoms with Gasteiger partial charge in [0.1, 0.15) is 5.75 Å². The van der Waals surface area contributed by atoms with Crippen molar-refractivity contribution in [3.05, 3.63) is 54.6 Å². The van der Waals surface area contributed by atoms with Crippen molar-refractivity contribution in [2.75, 3.05) is 17.4 Å². The molecule has 0 unspecified atom stereocenters. The third-order valence-corrected chi connectivity index (χ3v) is 4.92. The van der Waals surface area contributed by atoms with Crippen LogP contribution in [-0.2, 0) is 6.67 Å². The summed E-state index contributed by atoms with van der Waals surface area (Å²) in [6.45, 7) is 3.38. The summed E-state index contributed by atoms with van der Waals surface area (Å²) in [5.41, 5.74) is 2.18. The molecule has 0 fully saturated rings. The second-order valence-corrected chi connectivity index (χ2v) is 6.37. The molecule has 0 spiro atoms. The van der Waals surface area contributed by atoms with E-state index in [4.69, 9.17) is 4.74 Å². The Labute approximate surface area is 145 Å². The number of anilines is 1. The van der Waals surface area contributed by atoms with Gasteiger partial charge in [0.05, 0.1) is 24.8 Å². The van der Waals surface area contributed by atoms with Gasteiger partial charge in [0.25, 0.3) is 0 Å². The first kappa shape index (κ1) is 15.1. The fourth-order valence-corrected chi connectivity index (χ4v) is 3.70. The van der Waals surface area contributed by atoms with Crippen LogP contribution in [0.2, 0.25) is 0 Å². The Morgan fingerprint density at radius 1 is 1.04 bits per heavy atom. The van der Waals surface area contributed by atoms with Crippen LogP contribution >= 0.6 is 11.8 Å². The minimum Gasteiger partial charge on any atom is -0.492 e. The highest BCUT2D eigenvalue weighted by atomic mass is 32.2. The minimum atomic E-state index is 0.658. The number of aromatic nitrogens is 3. The number of hydrogen-bond acceptors (Lipinski definition) is 5. The molecule has 0 saturated heterocycles. The molecule has 1 aliphatic rings. The van der Waals surface area contributed by atoms with E-state index in [2.05, 4.69) is 37.9 Å². The Morgan fingerprint density at radius 2 is 1.83 bits per heavy atom. The minimum absolute atomic E-state index is 0.658. The number of thioether (sulfide) groups is 1. The van der Waals surface area contributed by atoms with Gasteiger partial charge in [-0.2, -0.15) is 0 Å². The molecule has 2 heterocycles. The molecule has 0 radical (unpaired) electrons. The summed E-state index contributed by atoms with van der Waals surface area (Å²) in [5.74, 6) is 2.65. The van der Waals surface area contributed by atoms with Crippen LogP contribution in [0.15, 0.2) is 59.8 Å². The number of para-hydroxylation sites is 2. The van der Waals surface area contributed by atoms with Gasteiger partial charge in [0.2, 0.25) is 0 Å². The van der Waals surface area contributed by atoms with Crippen molar-refractivity contribution >= 4 is 17.4 Å². The number of nitrogens with zero attached hydrogens (tertiary/aromatic N) is 4. The van der Waals surface area contributed by atoms with E-state index in [1.165, 1.54) is 0 Å². The zero-order chi connectivity index (χ0) is 16.4. The van der Waals surface area contributed by atoms with Crippen molar-refractivity contribution in [3.63, 3.8) is 0 Å². The summed E-state index contributed by atoms with van der Waals surface area (Å²) in [6.07, 6.45) is 0. The molecule has 122 valence electrons. The fraction of sp³-hybridized carbons (Fsp3) is 0.222. The topological polar surface area (TPSA) is 43.2 Å². The maximum absolute atomic E-state index is 5.78. The van der Waals surface area contributed by atoms with Gasteiger partial charge in [0.15, 0.2) is 11.0 Å². The molecule has 1 aromatic heterocycles. The van der Waals surface area contributed by atoms with Gasteiger partial charge < -0.3 is 9.64 Å². The van der Waals surface area contributed by atoms with Crippen LogP contribution in [0.4, 0.5) is 5.69 Å². The van der Waals surface area contributed by atoms with Gasteiger partial charge in [-0.25, -0.2) is 0 Å². The summed E-state index contributed by atoms with van der Waals surface area (Å²) in [5, 5.41) is 9.68. The van der Waals surface area contributed by atoms with Gasteiger partial charge in [-0.3, -0.25) is 4.57 Å². The molecule has 5 nitrogen and oxygen atoms in total. The van der Waals surface area contributed by atoms with Crippen LogP contribution in [0.5, 0.6) is 5.75 Å². The summed E-state index contributed by atoms with van der Waals surface area (Å²) in [6, 6.07) is 18.4. The average molecular weight is 338 g/mol. The molecule has 0 N–H and O–H groups in total. The Bertz CT molecular complexity index is 834. The monoisotopic (exact) mass is 338 g/mol. The molecular weight excluding hydrogens is 320 g/mol. The molecule has 0 bridgehead atoms. The molecule has 0 saturated carbocycles. The maximum Gasteiger partial charge on any atom is 0.194 e. The van der Waals surface area contributed by atoms with Crippen LogP contribution in [0.25, 0.3) is 11.4 Å². The quantitative estimate of drug-likeness (QED) is 0.722. The molecule has 6 heteroatoms. The smallest absolute Gasteiger partial charge is 0.194 e. The Balaban J connectivity index is 1.68.